The number of carbonyl (C=O) groups excluding carboxylic acids is 2. The van der Waals surface area contributed by atoms with E-state index in [1.807, 2.05) is 6.07 Å². The third kappa shape index (κ3) is 2.88. The number of hydroxylamine groups is 1. The van der Waals surface area contributed by atoms with E-state index in [1.165, 1.54) is 0 Å². The zero-order valence-electron chi connectivity index (χ0n) is 11.7. The van der Waals surface area contributed by atoms with Crippen LogP contribution in [0.4, 0.5) is 4.79 Å². The van der Waals surface area contributed by atoms with Gasteiger partial charge in [0.25, 0.3) is 5.91 Å². The fourth-order valence-electron chi connectivity index (χ4n) is 2.34. The number of H-pyrrole nitrogens is 1. The van der Waals surface area contributed by atoms with Crippen LogP contribution in [0.5, 0.6) is 0 Å². The second-order valence-electron chi connectivity index (χ2n) is 5.07. The summed E-state index contributed by atoms with van der Waals surface area (Å²) in [5.74, 6) is -0.480. The number of hydrogen-bond acceptors (Lipinski definition) is 4. The minimum absolute atomic E-state index is 0.350. The van der Waals surface area contributed by atoms with Gasteiger partial charge in [-0.1, -0.05) is 6.07 Å². The van der Waals surface area contributed by atoms with Gasteiger partial charge in [-0.25, -0.2) is 4.79 Å². The highest BCUT2D eigenvalue weighted by molar-refractivity contribution is 14.1. The monoisotopic (exact) mass is 414 g/mol. The van der Waals surface area contributed by atoms with Crippen LogP contribution in [0.25, 0.3) is 10.9 Å². The SMILES string of the molecule is NC(=O)c1ccc(CNOC(=O)N2CCC2)c2cc(I)[nH]c12. The smallest absolute Gasteiger partial charge is 0.366 e. The lowest BCUT2D eigenvalue weighted by Crippen LogP contribution is -2.44. The number of benzene rings is 1. The second kappa shape index (κ2) is 6.13. The summed E-state index contributed by atoms with van der Waals surface area (Å²) in [5, 5.41) is 0.883. The number of halogens is 1. The molecule has 2 heterocycles. The van der Waals surface area contributed by atoms with E-state index in [2.05, 4.69) is 33.1 Å². The van der Waals surface area contributed by atoms with Crippen LogP contribution < -0.4 is 11.2 Å². The number of rotatable bonds is 4. The van der Waals surface area contributed by atoms with Gasteiger partial charge in [0.05, 0.1) is 21.3 Å². The highest BCUT2D eigenvalue weighted by Gasteiger charge is 2.21. The average Bonchev–Trinajstić information content (AvgIpc) is 2.77. The first-order chi connectivity index (χ1) is 10.6. The van der Waals surface area contributed by atoms with E-state index in [4.69, 9.17) is 10.6 Å². The van der Waals surface area contributed by atoms with E-state index >= 15 is 0 Å². The molecular weight excluding hydrogens is 399 g/mol. The highest BCUT2D eigenvalue weighted by atomic mass is 127. The Morgan fingerprint density at radius 3 is 2.82 bits per heavy atom. The van der Waals surface area contributed by atoms with Crippen LogP contribution >= 0.6 is 22.6 Å². The van der Waals surface area contributed by atoms with E-state index in [9.17, 15) is 9.59 Å². The van der Waals surface area contributed by atoms with Crippen molar-refractivity contribution in [1.82, 2.24) is 15.4 Å². The second-order valence-corrected chi connectivity index (χ2v) is 6.23. The standard InChI is InChI=1S/C14H15IN4O3/c15-11-6-10-8(2-3-9(13(16)20)12(10)18-11)7-17-22-14(21)19-4-1-5-19/h2-3,6,17-18H,1,4-5,7H2,(H2,16,20). The molecule has 116 valence electrons. The molecule has 4 N–H and O–H groups in total. The lowest BCUT2D eigenvalue weighted by molar-refractivity contribution is 0.0372. The lowest BCUT2D eigenvalue weighted by atomic mass is 10.1. The minimum Gasteiger partial charge on any atom is -0.366 e. The number of aromatic nitrogens is 1. The highest BCUT2D eigenvalue weighted by Crippen LogP contribution is 2.24. The molecule has 2 aromatic rings. The van der Waals surface area contributed by atoms with Gasteiger partial charge in [-0.3, -0.25) is 4.79 Å². The Kier molecular flexibility index (Phi) is 4.21. The van der Waals surface area contributed by atoms with Crippen LogP contribution in [0.2, 0.25) is 0 Å². The maximum atomic E-state index is 11.6. The van der Waals surface area contributed by atoms with Crippen molar-refractivity contribution >= 4 is 45.5 Å². The van der Waals surface area contributed by atoms with Gasteiger partial charge in [0, 0.05) is 18.5 Å². The molecule has 22 heavy (non-hydrogen) atoms. The molecule has 8 heteroatoms. The molecule has 0 unspecified atom stereocenters. The number of amides is 2. The molecule has 1 aromatic carbocycles. The third-order valence-corrected chi connectivity index (χ3v) is 4.23. The predicted molar refractivity (Wildman–Crippen MR) is 89.0 cm³/mol. The topological polar surface area (TPSA) is 100 Å². The first kappa shape index (κ1) is 15.1. The molecule has 2 amide bonds. The minimum atomic E-state index is -0.480. The Morgan fingerprint density at radius 2 is 2.18 bits per heavy atom. The largest absolute Gasteiger partial charge is 0.428 e. The maximum absolute atomic E-state index is 11.6. The number of nitrogens with zero attached hydrogens (tertiary/aromatic N) is 1. The van der Waals surface area contributed by atoms with Crippen molar-refractivity contribution < 1.29 is 14.4 Å². The van der Waals surface area contributed by atoms with Crippen LogP contribution in [-0.4, -0.2) is 35.0 Å². The number of fused-ring (bicyclic) bond motifs is 1. The number of aromatic amines is 1. The third-order valence-electron chi connectivity index (χ3n) is 3.65. The van der Waals surface area contributed by atoms with Crippen LogP contribution in [0.1, 0.15) is 22.3 Å². The van der Waals surface area contributed by atoms with E-state index in [-0.39, 0.29) is 6.09 Å². The summed E-state index contributed by atoms with van der Waals surface area (Å²) in [5.41, 5.74) is 10.1. The van der Waals surface area contributed by atoms with Crippen molar-refractivity contribution in [2.24, 2.45) is 5.73 Å². The van der Waals surface area contributed by atoms with E-state index in [0.29, 0.717) is 17.6 Å². The summed E-state index contributed by atoms with van der Waals surface area (Å²) in [6.45, 7) is 1.84. The Labute approximate surface area is 140 Å². The van der Waals surface area contributed by atoms with Gasteiger partial charge in [-0.15, -0.1) is 5.48 Å². The Hall–Kier alpha value is -1.81. The van der Waals surface area contributed by atoms with Gasteiger partial charge in [-0.2, -0.15) is 0 Å². The van der Waals surface area contributed by atoms with Gasteiger partial charge >= 0.3 is 6.09 Å². The average molecular weight is 414 g/mol. The van der Waals surface area contributed by atoms with Crippen molar-refractivity contribution in [1.29, 1.82) is 0 Å². The van der Waals surface area contributed by atoms with E-state index in [0.717, 1.165) is 34.2 Å². The summed E-state index contributed by atoms with van der Waals surface area (Å²) in [6.07, 6.45) is 0.659. The van der Waals surface area contributed by atoms with Crippen molar-refractivity contribution in [2.45, 2.75) is 13.0 Å². The molecule has 3 rings (SSSR count). The molecule has 0 radical (unpaired) electrons. The van der Waals surface area contributed by atoms with Crippen molar-refractivity contribution in [2.75, 3.05) is 13.1 Å². The van der Waals surface area contributed by atoms with Gasteiger partial charge < -0.3 is 20.5 Å². The quantitative estimate of drug-likeness (QED) is 0.524. The number of primary amides is 1. The Balaban J connectivity index is 1.75. The fourth-order valence-corrected chi connectivity index (χ4v) is 2.92. The van der Waals surface area contributed by atoms with Gasteiger partial charge in [0.1, 0.15) is 0 Å². The molecule has 0 spiro atoms. The summed E-state index contributed by atoms with van der Waals surface area (Å²) in [7, 11) is 0. The number of nitrogens with one attached hydrogen (secondary N) is 2. The van der Waals surface area contributed by atoms with Gasteiger partial charge in [0.15, 0.2) is 0 Å². The van der Waals surface area contributed by atoms with Crippen LogP contribution in [0, 0.1) is 3.70 Å². The van der Waals surface area contributed by atoms with Crippen LogP contribution in [0.3, 0.4) is 0 Å². The number of nitrogens with two attached hydrogens (primary N) is 1. The van der Waals surface area contributed by atoms with Crippen molar-refractivity contribution in [3.05, 3.63) is 33.0 Å². The van der Waals surface area contributed by atoms with Crippen LogP contribution in [0.15, 0.2) is 18.2 Å². The number of hydrogen-bond donors (Lipinski definition) is 3. The van der Waals surface area contributed by atoms with E-state index in [1.54, 1.807) is 17.0 Å². The lowest BCUT2D eigenvalue weighted by Gasteiger charge is -2.29. The molecule has 0 bridgehead atoms. The molecule has 7 nitrogen and oxygen atoms in total. The molecule has 0 aliphatic carbocycles. The summed E-state index contributed by atoms with van der Waals surface area (Å²) in [6, 6.07) is 5.40. The van der Waals surface area contributed by atoms with E-state index < -0.39 is 5.91 Å². The fraction of sp³-hybridized carbons (Fsp3) is 0.286. The molecule has 0 saturated carbocycles. The van der Waals surface area contributed by atoms with Crippen LogP contribution in [-0.2, 0) is 11.4 Å². The normalized spacial score (nSPS) is 14.0. The van der Waals surface area contributed by atoms with Crippen molar-refractivity contribution in [3.8, 4) is 0 Å². The zero-order valence-corrected chi connectivity index (χ0v) is 13.8. The Bertz CT molecular complexity index is 739. The molecule has 1 aliphatic rings. The zero-order chi connectivity index (χ0) is 15.7. The predicted octanol–water partition coefficient (Wildman–Crippen LogP) is 1.72. The summed E-state index contributed by atoms with van der Waals surface area (Å²) >= 11 is 2.14. The first-order valence-electron chi connectivity index (χ1n) is 6.85. The molecular formula is C14H15IN4O3. The summed E-state index contributed by atoms with van der Waals surface area (Å²) < 4.78 is 0.903. The first-order valence-corrected chi connectivity index (χ1v) is 7.92. The molecule has 0 atom stereocenters. The molecule has 1 aromatic heterocycles. The Morgan fingerprint density at radius 1 is 1.41 bits per heavy atom. The number of likely N-dealkylation sites (tertiary alicyclic amines) is 1. The maximum Gasteiger partial charge on any atom is 0.428 e. The van der Waals surface area contributed by atoms with Gasteiger partial charge in [-0.05, 0) is 46.7 Å². The molecule has 1 aliphatic heterocycles. The van der Waals surface area contributed by atoms with Crippen molar-refractivity contribution in [3.63, 3.8) is 0 Å². The van der Waals surface area contributed by atoms with Gasteiger partial charge in [0.2, 0.25) is 0 Å². The molecule has 1 fully saturated rings. The molecule has 1 saturated heterocycles. The number of carbonyl (C=O) groups is 2. The summed E-state index contributed by atoms with van der Waals surface area (Å²) in [4.78, 5) is 32.8.